The number of thiocarbonyl (C=S) groups is 1. The molecule has 4 nitrogen and oxygen atoms in total. The third kappa shape index (κ3) is 5.65. The highest BCUT2D eigenvalue weighted by molar-refractivity contribution is 7.80. The molecule has 3 rings (SSSR count). The van der Waals surface area contributed by atoms with Crippen LogP contribution in [0.25, 0.3) is 0 Å². The minimum absolute atomic E-state index is 0.191. The predicted molar refractivity (Wildman–Crippen MR) is 121 cm³/mol. The molecule has 1 fully saturated rings. The minimum atomic E-state index is 0.191. The standard InChI is InChI=1S/C20H27ClN4S2/c1-3-24-9-11-25(12-10-24)19(18-8-5-13-27-18)15(2)22-20(26)23-17-7-4-6-16(21)14-17/h4-8,13-15,19H,3,9-12H2,1-2H3,(H2,22,23,26)/t15-,19-/m1/s1. The van der Waals surface area contributed by atoms with Crippen LogP contribution in [0, 0.1) is 0 Å². The fraction of sp³-hybridized carbons (Fsp3) is 0.450. The second-order valence-corrected chi connectivity index (χ2v) is 8.65. The predicted octanol–water partition coefficient (Wildman–Crippen LogP) is 4.46. The van der Waals surface area contributed by atoms with Crippen LogP contribution in [-0.4, -0.2) is 53.7 Å². The number of nitrogens with zero attached hydrogens (tertiary/aromatic N) is 2. The van der Waals surface area contributed by atoms with E-state index in [-0.39, 0.29) is 6.04 Å². The lowest BCUT2D eigenvalue weighted by atomic mass is 10.1. The van der Waals surface area contributed by atoms with E-state index >= 15 is 0 Å². The minimum Gasteiger partial charge on any atom is -0.358 e. The van der Waals surface area contributed by atoms with Gasteiger partial charge in [-0.3, -0.25) is 4.90 Å². The molecule has 0 radical (unpaired) electrons. The van der Waals surface area contributed by atoms with E-state index in [1.165, 1.54) is 4.88 Å². The van der Waals surface area contributed by atoms with Crippen LogP contribution < -0.4 is 10.6 Å². The van der Waals surface area contributed by atoms with Crippen molar-refractivity contribution >= 4 is 46.0 Å². The van der Waals surface area contributed by atoms with Crippen molar-refractivity contribution in [3.63, 3.8) is 0 Å². The number of anilines is 1. The number of piperazine rings is 1. The first kappa shape index (κ1) is 20.6. The number of likely N-dealkylation sites (N-methyl/N-ethyl adjacent to an activating group) is 1. The number of thiophene rings is 1. The van der Waals surface area contributed by atoms with Gasteiger partial charge in [0.2, 0.25) is 0 Å². The van der Waals surface area contributed by atoms with Gasteiger partial charge in [0.05, 0.1) is 6.04 Å². The number of hydrogen-bond donors (Lipinski definition) is 2. The van der Waals surface area contributed by atoms with E-state index in [9.17, 15) is 0 Å². The van der Waals surface area contributed by atoms with Gasteiger partial charge in [-0.25, -0.2) is 0 Å². The highest BCUT2D eigenvalue weighted by Gasteiger charge is 2.30. The Morgan fingerprint density at radius 2 is 2.00 bits per heavy atom. The van der Waals surface area contributed by atoms with Gasteiger partial charge in [0.1, 0.15) is 0 Å². The first-order valence-electron chi connectivity index (χ1n) is 9.39. The van der Waals surface area contributed by atoms with Crippen LogP contribution in [0.3, 0.4) is 0 Å². The van der Waals surface area contributed by atoms with E-state index in [1.807, 2.05) is 35.6 Å². The van der Waals surface area contributed by atoms with Gasteiger partial charge in [-0.1, -0.05) is 30.7 Å². The SMILES string of the molecule is CCN1CCN([C@@H](c2cccs2)[C@@H](C)NC(=S)Nc2cccc(Cl)c2)CC1. The summed E-state index contributed by atoms with van der Waals surface area (Å²) in [5, 5.41) is 10.2. The summed E-state index contributed by atoms with van der Waals surface area (Å²) in [5.41, 5.74) is 0.899. The molecule has 1 aromatic heterocycles. The molecule has 2 heterocycles. The van der Waals surface area contributed by atoms with Crippen molar-refractivity contribution in [3.05, 3.63) is 51.7 Å². The van der Waals surface area contributed by atoms with Crippen LogP contribution in [-0.2, 0) is 0 Å². The van der Waals surface area contributed by atoms with E-state index in [0.717, 1.165) is 38.4 Å². The van der Waals surface area contributed by atoms with Gasteiger partial charge in [0, 0.05) is 47.8 Å². The molecular formula is C20H27ClN4S2. The molecule has 2 atom stereocenters. The molecule has 0 bridgehead atoms. The summed E-state index contributed by atoms with van der Waals surface area (Å²) in [6, 6.07) is 12.5. The summed E-state index contributed by atoms with van der Waals surface area (Å²) in [4.78, 5) is 6.47. The first-order valence-corrected chi connectivity index (χ1v) is 11.1. The van der Waals surface area contributed by atoms with Crippen molar-refractivity contribution in [2.75, 3.05) is 38.0 Å². The summed E-state index contributed by atoms with van der Waals surface area (Å²) in [7, 11) is 0. The van der Waals surface area contributed by atoms with Crippen LogP contribution >= 0.6 is 35.2 Å². The Labute approximate surface area is 176 Å². The van der Waals surface area contributed by atoms with Gasteiger partial charge in [0.15, 0.2) is 5.11 Å². The third-order valence-electron chi connectivity index (χ3n) is 5.00. The quantitative estimate of drug-likeness (QED) is 0.671. The molecule has 0 unspecified atom stereocenters. The van der Waals surface area contributed by atoms with Gasteiger partial charge < -0.3 is 15.5 Å². The maximum atomic E-state index is 6.06. The van der Waals surface area contributed by atoms with Crippen LogP contribution in [0.5, 0.6) is 0 Å². The van der Waals surface area contributed by atoms with Crippen molar-refractivity contribution in [3.8, 4) is 0 Å². The third-order valence-corrected chi connectivity index (χ3v) is 6.40. The van der Waals surface area contributed by atoms with Crippen molar-refractivity contribution in [2.45, 2.75) is 25.9 Å². The Morgan fingerprint density at radius 1 is 1.22 bits per heavy atom. The fourth-order valence-corrected chi connectivity index (χ4v) is 5.04. The lowest BCUT2D eigenvalue weighted by molar-refractivity contribution is 0.0883. The van der Waals surface area contributed by atoms with Crippen LogP contribution in [0.15, 0.2) is 41.8 Å². The Balaban J connectivity index is 1.66. The lowest BCUT2D eigenvalue weighted by Crippen LogP contribution is -2.52. The maximum Gasteiger partial charge on any atom is 0.171 e. The topological polar surface area (TPSA) is 30.5 Å². The molecule has 2 N–H and O–H groups in total. The molecule has 27 heavy (non-hydrogen) atoms. The molecule has 1 aliphatic rings. The number of benzene rings is 1. The lowest BCUT2D eigenvalue weighted by Gasteiger charge is -2.41. The average molecular weight is 423 g/mol. The molecule has 0 aliphatic carbocycles. The van der Waals surface area contributed by atoms with Crippen molar-refractivity contribution in [2.24, 2.45) is 0 Å². The molecule has 0 amide bonds. The fourth-order valence-electron chi connectivity index (χ4n) is 3.58. The summed E-state index contributed by atoms with van der Waals surface area (Å²) < 4.78 is 0. The summed E-state index contributed by atoms with van der Waals surface area (Å²) in [5.74, 6) is 0. The molecule has 0 spiro atoms. The smallest absolute Gasteiger partial charge is 0.171 e. The van der Waals surface area contributed by atoms with E-state index in [1.54, 1.807) is 0 Å². The second kappa shape index (κ2) is 9.85. The van der Waals surface area contributed by atoms with Crippen molar-refractivity contribution in [1.29, 1.82) is 0 Å². The van der Waals surface area contributed by atoms with Crippen LogP contribution in [0.1, 0.15) is 24.8 Å². The Kier molecular flexibility index (Phi) is 7.49. The van der Waals surface area contributed by atoms with Crippen LogP contribution in [0.2, 0.25) is 5.02 Å². The van der Waals surface area contributed by atoms with E-state index in [4.69, 9.17) is 23.8 Å². The molecule has 1 saturated heterocycles. The highest BCUT2D eigenvalue weighted by Crippen LogP contribution is 2.29. The van der Waals surface area contributed by atoms with Gasteiger partial charge >= 0.3 is 0 Å². The van der Waals surface area contributed by atoms with Crippen molar-refractivity contribution < 1.29 is 0 Å². The van der Waals surface area contributed by atoms with Gasteiger partial charge in [-0.15, -0.1) is 11.3 Å². The first-order chi connectivity index (χ1) is 13.1. The number of nitrogens with one attached hydrogen (secondary N) is 2. The van der Waals surface area contributed by atoms with Gasteiger partial charge in [-0.05, 0) is 55.3 Å². The zero-order chi connectivity index (χ0) is 19.2. The largest absolute Gasteiger partial charge is 0.358 e. The number of rotatable bonds is 6. The Bertz CT molecular complexity index is 729. The normalized spacial score (nSPS) is 18.0. The van der Waals surface area contributed by atoms with Gasteiger partial charge in [-0.2, -0.15) is 0 Å². The number of hydrogen-bond acceptors (Lipinski definition) is 4. The molecule has 1 aliphatic heterocycles. The van der Waals surface area contributed by atoms with Crippen LogP contribution in [0.4, 0.5) is 5.69 Å². The highest BCUT2D eigenvalue weighted by atomic mass is 35.5. The zero-order valence-electron chi connectivity index (χ0n) is 15.8. The average Bonchev–Trinajstić information content (AvgIpc) is 3.16. The molecule has 0 saturated carbocycles. The molecule has 7 heteroatoms. The zero-order valence-corrected chi connectivity index (χ0v) is 18.2. The molecule has 146 valence electrons. The Hall–Kier alpha value is -1.18. The summed E-state index contributed by atoms with van der Waals surface area (Å²) in [6.07, 6.45) is 0. The summed E-state index contributed by atoms with van der Waals surface area (Å²) >= 11 is 13.4. The number of halogens is 1. The maximum absolute atomic E-state index is 6.06. The van der Waals surface area contributed by atoms with Gasteiger partial charge in [0.25, 0.3) is 0 Å². The second-order valence-electron chi connectivity index (χ2n) is 6.83. The molecule has 1 aromatic carbocycles. The van der Waals surface area contributed by atoms with E-state index in [0.29, 0.717) is 16.2 Å². The van der Waals surface area contributed by atoms with E-state index in [2.05, 4.69) is 51.8 Å². The monoisotopic (exact) mass is 422 g/mol. The van der Waals surface area contributed by atoms with E-state index < -0.39 is 0 Å². The molecular weight excluding hydrogens is 396 g/mol. The molecule has 2 aromatic rings. The Morgan fingerprint density at radius 3 is 2.63 bits per heavy atom. The summed E-state index contributed by atoms with van der Waals surface area (Å²) in [6.45, 7) is 9.97. The van der Waals surface area contributed by atoms with Crippen molar-refractivity contribution in [1.82, 2.24) is 15.1 Å².